The average Bonchev–Trinajstić information content (AvgIpc) is 2.84. The summed E-state index contributed by atoms with van der Waals surface area (Å²) in [5.74, 6) is 0.168. The van der Waals surface area contributed by atoms with Crippen LogP contribution in [0, 0.1) is 18.3 Å². The molecule has 2 heterocycles. The lowest BCUT2D eigenvalue weighted by molar-refractivity contribution is -0.114. The maximum Gasteiger partial charge on any atom is 0.179 e. The van der Waals surface area contributed by atoms with Crippen LogP contribution in [0.1, 0.15) is 23.1 Å². The molecule has 2 rings (SSSR count). The second-order valence-electron chi connectivity index (χ2n) is 4.00. The molecule has 0 saturated heterocycles. The molecule has 2 aromatic rings. The first kappa shape index (κ1) is 12.8. The van der Waals surface area contributed by atoms with Gasteiger partial charge in [-0.1, -0.05) is 6.07 Å². The van der Waals surface area contributed by atoms with Gasteiger partial charge in [-0.05, 0) is 43.3 Å². The third-order valence-electron chi connectivity index (χ3n) is 2.57. The third-order valence-corrected chi connectivity index (χ3v) is 2.57. The first-order chi connectivity index (χ1) is 9.20. The molecule has 0 radical (unpaired) electrons. The molecule has 0 saturated carbocycles. The molecule has 0 spiro atoms. The van der Waals surface area contributed by atoms with Gasteiger partial charge in [0.05, 0.1) is 11.8 Å². The number of rotatable bonds is 4. The van der Waals surface area contributed by atoms with E-state index in [1.54, 1.807) is 36.5 Å². The molecular formula is C15H12N2O2. The first-order valence-electron chi connectivity index (χ1n) is 5.79. The zero-order valence-electron chi connectivity index (χ0n) is 10.4. The Labute approximate surface area is 111 Å². The van der Waals surface area contributed by atoms with Gasteiger partial charge >= 0.3 is 0 Å². The molecule has 94 valence electrons. The quantitative estimate of drug-likeness (QED) is 0.785. The van der Waals surface area contributed by atoms with Crippen LogP contribution >= 0.6 is 0 Å². The third kappa shape index (κ3) is 3.17. The number of hydrogen-bond acceptors (Lipinski definition) is 4. The maximum atomic E-state index is 12.0. The molecule has 0 aliphatic heterocycles. The summed E-state index contributed by atoms with van der Waals surface area (Å²) < 4.78 is 5.32. The smallest absolute Gasteiger partial charge is 0.179 e. The van der Waals surface area contributed by atoms with Crippen molar-refractivity contribution in [2.24, 2.45) is 0 Å². The topological polar surface area (TPSA) is 66.9 Å². The number of carbonyl (C=O) groups excluding carboxylic acids is 1. The number of nitrogens with zero attached hydrogens (tertiary/aromatic N) is 2. The van der Waals surface area contributed by atoms with Gasteiger partial charge < -0.3 is 4.42 Å². The number of pyridine rings is 1. The summed E-state index contributed by atoms with van der Waals surface area (Å²) in [6, 6.07) is 10.7. The van der Waals surface area contributed by atoms with E-state index < -0.39 is 5.92 Å². The Bertz CT molecular complexity index is 636. The summed E-state index contributed by atoms with van der Waals surface area (Å²) in [6.07, 6.45) is 4.47. The molecule has 0 aromatic carbocycles. The van der Waals surface area contributed by atoms with Crippen molar-refractivity contribution < 1.29 is 9.21 Å². The molecule has 0 aliphatic rings. The van der Waals surface area contributed by atoms with Crippen LogP contribution in [0.2, 0.25) is 0 Å². The van der Waals surface area contributed by atoms with E-state index in [2.05, 4.69) is 4.98 Å². The normalized spacial score (nSPS) is 12.2. The SMILES string of the molecule is Cc1ccc(/C=C\C(=O)[C@@H](C#N)c2ccccn2)o1. The number of ketones is 1. The van der Waals surface area contributed by atoms with Crippen molar-refractivity contribution in [1.82, 2.24) is 4.98 Å². The molecule has 0 N–H and O–H groups in total. The lowest BCUT2D eigenvalue weighted by Crippen LogP contribution is -2.09. The van der Waals surface area contributed by atoms with Gasteiger partial charge in [0.15, 0.2) is 11.7 Å². The summed E-state index contributed by atoms with van der Waals surface area (Å²) in [4.78, 5) is 16.0. The second-order valence-corrected chi connectivity index (χ2v) is 4.00. The number of nitriles is 1. The molecule has 4 nitrogen and oxygen atoms in total. The van der Waals surface area contributed by atoms with Gasteiger partial charge in [0, 0.05) is 6.20 Å². The van der Waals surface area contributed by atoms with Crippen molar-refractivity contribution in [1.29, 1.82) is 5.26 Å². The van der Waals surface area contributed by atoms with Crippen LogP contribution in [0.15, 0.2) is 47.0 Å². The minimum Gasteiger partial charge on any atom is -0.462 e. The highest BCUT2D eigenvalue weighted by molar-refractivity contribution is 5.99. The average molecular weight is 252 g/mol. The standard InChI is InChI=1S/C15H12N2O2/c1-11-5-6-12(19-11)7-8-15(18)13(10-16)14-4-2-3-9-17-14/h2-9,13H,1H3/b8-7-/t13-/m0/s1. The summed E-state index contributed by atoms with van der Waals surface area (Å²) in [5, 5.41) is 9.08. The van der Waals surface area contributed by atoms with Gasteiger partial charge in [-0.3, -0.25) is 9.78 Å². The lowest BCUT2D eigenvalue weighted by atomic mass is 10.0. The predicted molar refractivity (Wildman–Crippen MR) is 70.1 cm³/mol. The van der Waals surface area contributed by atoms with Crippen LogP contribution in [-0.2, 0) is 4.79 Å². The Balaban J connectivity index is 2.15. The zero-order chi connectivity index (χ0) is 13.7. The molecule has 0 bridgehead atoms. The number of aryl methyl sites for hydroxylation is 1. The maximum absolute atomic E-state index is 12.0. The Morgan fingerprint density at radius 3 is 2.84 bits per heavy atom. The van der Waals surface area contributed by atoms with Crippen molar-refractivity contribution >= 4 is 11.9 Å². The molecule has 0 unspecified atom stereocenters. The van der Waals surface area contributed by atoms with Gasteiger partial charge in [-0.25, -0.2) is 0 Å². The fraction of sp³-hybridized carbons (Fsp3) is 0.133. The molecule has 4 heteroatoms. The van der Waals surface area contributed by atoms with Crippen molar-refractivity contribution in [2.75, 3.05) is 0 Å². The molecule has 19 heavy (non-hydrogen) atoms. The predicted octanol–water partition coefficient (Wildman–Crippen LogP) is 2.87. The molecular weight excluding hydrogens is 240 g/mol. The van der Waals surface area contributed by atoms with E-state index >= 15 is 0 Å². The number of carbonyl (C=O) groups is 1. The molecule has 0 fully saturated rings. The highest BCUT2D eigenvalue weighted by Crippen LogP contribution is 2.15. The van der Waals surface area contributed by atoms with Crippen LogP contribution in [0.25, 0.3) is 6.08 Å². The van der Waals surface area contributed by atoms with Crippen LogP contribution < -0.4 is 0 Å². The summed E-state index contributed by atoms with van der Waals surface area (Å²) >= 11 is 0. The van der Waals surface area contributed by atoms with Crippen LogP contribution in [0.5, 0.6) is 0 Å². The van der Waals surface area contributed by atoms with E-state index in [1.165, 1.54) is 6.08 Å². The zero-order valence-corrected chi connectivity index (χ0v) is 10.4. The van der Waals surface area contributed by atoms with Crippen molar-refractivity contribution in [3.05, 3.63) is 59.8 Å². The fourth-order valence-corrected chi connectivity index (χ4v) is 1.63. The van der Waals surface area contributed by atoms with Gasteiger partial charge in [-0.15, -0.1) is 0 Å². The number of hydrogen-bond donors (Lipinski definition) is 0. The summed E-state index contributed by atoms with van der Waals surface area (Å²) in [7, 11) is 0. The van der Waals surface area contributed by atoms with Gasteiger partial charge in [0.25, 0.3) is 0 Å². The number of furan rings is 1. The largest absolute Gasteiger partial charge is 0.462 e. The molecule has 0 amide bonds. The van der Waals surface area contributed by atoms with E-state index in [4.69, 9.17) is 9.68 Å². The molecule has 2 aromatic heterocycles. The second kappa shape index (κ2) is 5.78. The van der Waals surface area contributed by atoms with Crippen molar-refractivity contribution in [3.63, 3.8) is 0 Å². The van der Waals surface area contributed by atoms with Crippen molar-refractivity contribution in [2.45, 2.75) is 12.8 Å². The fourth-order valence-electron chi connectivity index (χ4n) is 1.63. The Hall–Kier alpha value is -2.67. The molecule has 1 atom stereocenters. The Kier molecular flexibility index (Phi) is 3.89. The highest BCUT2D eigenvalue weighted by atomic mass is 16.3. The first-order valence-corrected chi connectivity index (χ1v) is 5.79. The number of aromatic nitrogens is 1. The Morgan fingerprint density at radius 2 is 2.26 bits per heavy atom. The van der Waals surface area contributed by atoms with E-state index in [1.807, 2.05) is 19.1 Å². The number of allylic oxidation sites excluding steroid dienone is 1. The van der Waals surface area contributed by atoms with Crippen LogP contribution in [-0.4, -0.2) is 10.8 Å². The van der Waals surface area contributed by atoms with Crippen LogP contribution in [0.4, 0.5) is 0 Å². The monoisotopic (exact) mass is 252 g/mol. The van der Waals surface area contributed by atoms with E-state index in [0.29, 0.717) is 11.5 Å². The summed E-state index contributed by atoms with van der Waals surface area (Å²) in [5.41, 5.74) is 0.454. The van der Waals surface area contributed by atoms with Gasteiger partial charge in [0.2, 0.25) is 0 Å². The van der Waals surface area contributed by atoms with E-state index in [0.717, 1.165) is 5.76 Å². The highest BCUT2D eigenvalue weighted by Gasteiger charge is 2.18. The van der Waals surface area contributed by atoms with Gasteiger partial charge in [-0.2, -0.15) is 5.26 Å². The van der Waals surface area contributed by atoms with E-state index in [-0.39, 0.29) is 5.78 Å². The summed E-state index contributed by atoms with van der Waals surface area (Å²) in [6.45, 7) is 1.82. The molecule has 0 aliphatic carbocycles. The lowest BCUT2D eigenvalue weighted by Gasteiger charge is -2.03. The van der Waals surface area contributed by atoms with Crippen molar-refractivity contribution in [3.8, 4) is 6.07 Å². The minimum absolute atomic E-state index is 0.310. The van der Waals surface area contributed by atoms with E-state index in [9.17, 15) is 4.79 Å². The Morgan fingerprint density at radius 1 is 1.42 bits per heavy atom. The van der Waals surface area contributed by atoms with Gasteiger partial charge in [0.1, 0.15) is 11.5 Å². The van der Waals surface area contributed by atoms with Crippen LogP contribution in [0.3, 0.4) is 0 Å². The minimum atomic E-state index is -0.881.